The Balaban J connectivity index is 2.52. The summed E-state index contributed by atoms with van der Waals surface area (Å²) < 4.78 is 10.2. The molecule has 0 spiro atoms. The van der Waals surface area contributed by atoms with E-state index >= 15 is 0 Å². The Morgan fingerprint density at radius 3 is 2.45 bits per heavy atom. The van der Waals surface area contributed by atoms with Crippen molar-refractivity contribution in [1.29, 1.82) is 0 Å². The lowest BCUT2D eigenvalue weighted by Crippen LogP contribution is -2.34. The third-order valence-corrected chi connectivity index (χ3v) is 3.35. The molecule has 0 heterocycles. The highest BCUT2D eigenvalue weighted by Gasteiger charge is 2.27. The molecule has 0 amide bonds. The second-order valence-electron chi connectivity index (χ2n) is 4.80. The molecule has 0 saturated carbocycles. The molecule has 0 aromatic heterocycles. The molecule has 3 atom stereocenters. The highest BCUT2D eigenvalue weighted by molar-refractivity contribution is 5.88. The van der Waals surface area contributed by atoms with Gasteiger partial charge in [-0.15, -0.1) is 0 Å². The number of esters is 1. The molecule has 0 aliphatic rings. The first kappa shape index (κ1) is 16.4. The molecule has 1 aromatic rings. The minimum Gasteiger partial charge on any atom is -0.466 e. The number of aliphatic hydroxyl groups excluding tert-OH is 1. The van der Waals surface area contributed by atoms with Gasteiger partial charge in [0.25, 0.3) is 0 Å². The minimum absolute atomic E-state index is 0.246. The Bertz CT molecular complexity index is 441. The van der Waals surface area contributed by atoms with Gasteiger partial charge in [-0.05, 0) is 12.5 Å². The van der Waals surface area contributed by atoms with Gasteiger partial charge in [0.2, 0.25) is 0 Å². The smallest absolute Gasteiger partial charge is 0.333 e. The summed E-state index contributed by atoms with van der Waals surface area (Å²) in [6.45, 7) is 7.57. The van der Waals surface area contributed by atoms with E-state index in [1.807, 2.05) is 30.3 Å². The van der Waals surface area contributed by atoms with Crippen LogP contribution in [-0.4, -0.2) is 30.4 Å². The van der Waals surface area contributed by atoms with Crippen LogP contribution < -0.4 is 0 Å². The van der Waals surface area contributed by atoms with Gasteiger partial charge >= 0.3 is 5.97 Å². The molecule has 1 aromatic carbocycles. The maximum atomic E-state index is 11.4. The van der Waals surface area contributed by atoms with Crippen molar-refractivity contribution in [3.63, 3.8) is 0 Å². The quantitative estimate of drug-likeness (QED) is 0.614. The normalized spacial score (nSPS) is 15.2. The fourth-order valence-electron chi connectivity index (χ4n) is 1.83. The lowest BCUT2D eigenvalue weighted by Gasteiger charge is -2.25. The highest BCUT2D eigenvalue weighted by atomic mass is 16.5. The van der Waals surface area contributed by atoms with Gasteiger partial charge in [0, 0.05) is 11.5 Å². The Kier molecular flexibility index (Phi) is 6.42. The highest BCUT2D eigenvalue weighted by Crippen LogP contribution is 2.19. The zero-order chi connectivity index (χ0) is 15.1. The van der Waals surface area contributed by atoms with E-state index in [-0.39, 0.29) is 5.57 Å². The lowest BCUT2D eigenvalue weighted by atomic mass is 9.93. The maximum Gasteiger partial charge on any atom is 0.333 e. The van der Waals surface area contributed by atoms with Crippen molar-refractivity contribution in [2.75, 3.05) is 7.11 Å². The second kappa shape index (κ2) is 7.82. The average molecular weight is 278 g/mol. The first-order valence-corrected chi connectivity index (χ1v) is 6.58. The number of methoxy groups -OCH3 is 1. The summed E-state index contributed by atoms with van der Waals surface area (Å²) in [5.74, 6) is -0.931. The number of carbonyl (C=O) groups excluding carboxylic acids is 1. The summed E-state index contributed by atoms with van der Waals surface area (Å²) in [5.41, 5.74) is 1.28. The van der Waals surface area contributed by atoms with E-state index in [4.69, 9.17) is 4.74 Å². The van der Waals surface area contributed by atoms with E-state index in [2.05, 4.69) is 11.3 Å². The van der Waals surface area contributed by atoms with Crippen molar-refractivity contribution in [3.8, 4) is 0 Å². The van der Waals surface area contributed by atoms with Crippen LogP contribution in [0.4, 0.5) is 0 Å². The summed E-state index contributed by atoms with van der Waals surface area (Å²) in [4.78, 5) is 11.4. The van der Waals surface area contributed by atoms with Gasteiger partial charge in [0.15, 0.2) is 0 Å². The summed E-state index contributed by atoms with van der Waals surface area (Å²) in [6.07, 6.45) is -1.23. The van der Waals surface area contributed by atoms with Crippen LogP contribution in [0.3, 0.4) is 0 Å². The summed E-state index contributed by atoms with van der Waals surface area (Å²) >= 11 is 0. The summed E-state index contributed by atoms with van der Waals surface area (Å²) in [7, 11) is 1.29. The van der Waals surface area contributed by atoms with Crippen LogP contribution in [0.25, 0.3) is 0 Å². The first-order valence-electron chi connectivity index (χ1n) is 6.58. The van der Waals surface area contributed by atoms with Crippen molar-refractivity contribution in [2.45, 2.75) is 32.7 Å². The fraction of sp³-hybridized carbons (Fsp3) is 0.438. The molecule has 0 fully saturated rings. The molecular weight excluding hydrogens is 256 g/mol. The standard InChI is InChI=1S/C16H22O4/c1-11(12(2)16(18)19-4)15(17)13(3)20-10-14-8-6-5-7-9-14/h5-9,11,13,15,17H,2,10H2,1,3-4H3/t11-,13-,15+/m1/s1. The number of rotatable bonds is 7. The fourth-order valence-corrected chi connectivity index (χ4v) is 1.83. The predicted molar refractivity (Wildman–Crippen MR) is 77.0 cm³/mol. The van der Waals surface area contributed by atoms with Crippen LogP contribution in [0.15, 0.2) is 42.5 Å². The molecule has 4 nitrogen and oxygen atoms in total. The number of hydrogen-bond acceptors (Lipinski definition) is 4. The number of carbonyl (C=O) groups is 1. The van der Waals surface area contributed by atoms with Gasteiger partial charge in [0.1, 0.15) is 0 Å². The summed E-state index contributed by atoms with van der Waals surface area (Å²) in [5, 5.41) is 10.2. The predicted octanol–water partition coefficient (Wildman–Crippen LogP) is 2.32. The van der Waals surface area contributed by atoms with Gasteiger partial charge in [-0.2, -0.15) is 0 Å². The van der Waals surface area contributed by atoms with Crippen molar-refractivity contribution < 1.29 is 19.4 Å². The third-order valence-electron chi connectivity index (χ3n) is 3.35. The third kappa shape index (κ3) is 4.47. The molecule has 20 heavy (non-hydrogen) atoms. The molecular formula is C16H22O4. The zero-order valence-corrected chi connectivity index (χ0v) is 12.2. The van der Waals surface area contributed by atoms with Crippen LogP contribution >= 0.6 is 0 Å². The molecule has 1 N–H and O–H groups in total. The molecule has 0 bridgehead atoms. The number of benzene rings is 1. The zero-order valence-electron chi connectivity index (χ0n) is 12.2. The molecule has 110 valence electrons. The number of ether oxygens (including phenoxy) is 2. The van der Waals surface area contributed by atoms with Crippen LogP contribution in [-0.2, 0) is 20.9 Å². The van der Waals surface area contributed by atoms with E-state index in [0.717, 1.165) is 5.56 Å². The van der Waals surface area contributed by atoms with Gasteiger partial charge in [-0.1, -0.05) is 43.8 Å². The van der Waals surface area contributed by atoms with Gasteiger partial charge in [-0.25, -0.2) is 4.79 Å². The van der Waals surface area contributed by atoms with Crippen molar-refractivity contribution in [3.05, 3.63) is 48.0 Å². The topological polar surface area (TPSA) is 55.8 Å². The lowest BCUT2D eigenvalue weighted by molar-refractivity contribution is -0.137. The van der Waals surface area contributed by atoms with Crippen molar-refractivity contribution in [1.82, 2.24) is 0 Å². The van der Waals surface area contributed by atoms with Crippen LogP contribution in [0.2, 0.25) is 0 Å². The molecule has 0 radical (unpaired) electrons. The number of aliphatic hydroxyl groups is 1. The van der Waals surface area contributed by atoms with E-state index < -0.39 is 24.1 Å². The average Bonchev–Trinajstić information content (AvgIpc) is 2.50. The van der Waals surface area contributed by atoms with Crippen LogP contribution in [0.5, 0.6) is 0 Å². The van der Waals surface area contributed by atoms with Crippen molar-refractivity contribution in [2.24, 2.45) is 5.92 Å². The molecule has 1 rings (SSSR count). The van der Waals surface area contributed by atoms with Crippen LogP contribution in [0, 0.1) is 5.92 Å². The van der Waals surface area contributed by atoms with E-state index in [1.54, 1.807) is 13.8 Å². The molecule has 0 saturated heterocycles. The monoisotopic (exact) mass is 278 g/mol. The minimum atomic E-state index is -0.815. The van der Waals surface area contributed by atoms with Gasteiger partial charge in [-0.3, -0.25) is 0 Å². The van der Waals surface area contributed by atoms with E-state index in [1.165, 1.54) is 7.11 Å². The Morgan fingerprint density at radius 1 is 1.30 bits per heavy atom. The molecule has 0 aliphatic carbocycles. The Labute approximate surface area is 120 Å². The van der Waals surface area contributed by atoms with Gasteiger partial charge in [0.05, 0.1) is 25.9 Å². The SMILES string of the molecule is C=C(C(=O)OC)[C@@H](C)[C@H](O)[C@@H](C)OCc1ccccc1. The molecule has 0 unspecified atom stereocenters. The van der Waals surface area contributed by atoms with Gasteiger partial charge < -0.3 is 14.6 Å². The number of hydrogen-bond donors (Lipinski definition) is 1. The Hall–Kier alpha value is -1.65. The molecule has 0 aliphatic heterocycles. The van der Waals surface area contributed by atoms with Crippen molar-refractivity contribution >= 4 is 5.97 Å². The molecule has 4 heteroatoms. The largest absolute Gasteiger partial charge is 0.466 e. The first-order chi connectivity index (χ1) is 9.47. The second-order valence-corrected chi connectivity index (χ2v) is 4.80. The van der Waals surface area contributed by atoms with E-state index in [0.29, 0.717) is 6.61 Å². The van der Waals surface area contributed by atoms with Crippen LogP contribution in [0.1, 0.15) is 19.4 Å². The maximum absolute atomic E-state index is 11.4. The van der Waals surface area contributed by atoms with E-state index in [9.17, 15) is 9.90 Å². The Morgan fingerprint density at radius 2 is 1.90 bits per heavy atom. The summed E-state index contributed by atoms with van der Waals surface area (Å²) in [6, 6.07) is 9.71.